The molecule has 0 spiro atoms. The van der Waals surface area contributed by atoms with Gasteiger partial charge < -0.3 is 21.2 Å². The fourth-order valence-corrected chi connectivity index (χ4v) is 2.31. The van der Waals surface area contributed by atoms with E-state index in [1.54, 1.807) is 6.07 Å². The zero-order chi connectivity index (χ0) is 13.0. The van der Waals surface area contributed by atoms with Gasteiger partial charge in [-0.2, -0.15) is 0 Å². The van der Waals surface area contributed by atoms with E-state index in [1.165, 1.54) is 31.5 Å². The van der Waals surface area contributed by atoms with Gasteiger partial charge in [0.25, 0.3) is 0 Å². The minimum Gasteiger partial charge on any atom is -0.378 e. The van der Waals surface area contributed by atoms with Crippen molar-refractivity contribution in [3.05, 3.63) is 28.4 Å². The summed E-state index contributed by atoms with van der Waals surface area (Å²) < 4.78 is 0. The van der Waals surface area contributed by atoms with Gasteiger partial charge in [-0.25, -0.2) is 0 Å². The predicted octanol–water partition coefficient (Wildman–Crippen LogP) is 2.06. The standard InChI is InChI=1S/C12H18N4O2/c13-10-4-2-1-3-5-11(10)15-9-6-7-12(14-8-9)16(17)18/h6-8,10-11,15H,1-5,13H2. The minimum absolute atomic E-state index is 0.134. The Morgan fingerprint density at radius 2 is 2.11 bits per heavy atom. The molecule has 2 atom stereocenters. The maximum atomic E-state index is 10.5. The number of pyridine rings is 1. The van der Waals surface area contributed by atoms with Crippen molar-refractivity contribution >= 4 is 11.5 Å². The smallest absolute Gasteiger partial charge is 0.363 e. The second-order valence-corrected chi connectivity index (χ2v) is 4.71. The van der Waals surface area contributed by atoms with Gasteiger partial charge in [0.1, 0.15) is 0 Å². The molecule has 18 heavy (non-hydrogen) atoms. The van der Waals surface area contributed by atoms with Crippen LogP contribution in [0.2, 0.25) is 0 Å². The molecule has 1 saturated carbocycles. The Morgan fingerprint density at radius 1 is 1.33 bits per heavy atom. The third-order valence-electron chi connectivity index (χ3n) is 3.36. The van der Waals surface area contributed by atoms with Gasteiger partial charge in [0.2, 0.25) is 0 Å². The second-order valence-electron chi connectivity index (χ2n) is 4.71. The van der Waals surface area contributed by atoms with Crippen molar-refractivity contribution in [3.63, 3.8) is 0 Å². The average Bonchev–Trinajstić information content (AvgIpc) is 2.56. The van der Waals surface area contributed by atoms with Crippen LogP contribution >= 0.6 is 0 Å². The highest BCUT2D eigenvalue weighted by Gasteiger charge is 2.20. The molecule has 6 nitrogen and oxygen atoms in total. The minimum atomic E-state index is -0.499. The average molecular weight is 250 g/mol. The molecule has 0 aromatic carbocycles. The van der Waals surface area contributed by atoms with E-state index in [4.69, 9.17) is 5.73 Å². The summed E-state index contributed by atoms with van der Waals surface area (Å²) >= 11 is 0. The first-order valence-corrected chi connectivity index (χ1v) is 6.29. The van der Waals surface area contributed by atoms with Gasteiger partial charge in [0.05, 0.1) is 5.69 Å². The van der Waals surface area contributed by atoms with E-state index in [-0.39, 0.29) is 17.9 Å². The highest BCUT2D eigenvalue weighted by Crippen LogP contribution is 2.21. The number of hydrogen-bond donors (Lipinski definition) is 2. The van der Waals surface area contributed by atoms with Crippen molar-refractivity contribution in [2.75, 3.05) is 5.32 Å². The molecule has 0 amide bonds. The number of nitrogens with one attached hydrogen (secondary N) is 1. The van der Waals surface area contributed by atoms with Crippen molar-refractivity contribution in [1.29, 1.82) is 0 Å². The third kappa shape index (κ3) is 3.16. The summed E-state index contributed by atoms with van der Waals surface area (Å²) in [6, 6.07) is 3.46. The number of rotatable bonds is 3. The highest BCUT2D eigenvalue weighted by atomic mass is 16.6. The van der Waals surface area contributed by atoms with Gasteiger partial charge in [-0.05, 0) is 28.8 Å². The van der Waals surface area contributed by atoms with Crippen LogP contribution < -0.4 is 11.1 Å². The molecule has 0 saturated heterocycles. The molecule has 0 bridgehead atoms. The highest BCUT2D eigenvalue weighted by molar-refractivity contribution is 5.44. The van der Waals surface area contributed by atoms with Crippen LogP contribution in [0.15, 0.2) is 18.3 Å². The van der Waals surface area contributed by atoms with Crippen LogP contribution in [0.5, 0.6) is 0 Å². The zero-order valence-corrected chi connectivity index (χ0v) is 10.2. The SMILES string of the molecule is NC1CCCCCC1Nc1ccc([N+](=O)[O-])nc1. The number of aromatic nitrogens is 1. The van der Waals surface area contributed by atoms with Crippen LogP contribution in [0.25, 0.3) is 0 Å². The lowest BCUT2D eigenvalue weighted by atomic mass is 10.0. The molecule has 2 unspecified atom stereocenters. The summed E-state index contributed by atoms with van der Waals surface area (Å²) in [4.78, 5) is 13.8. The van der Waals surface area contributed by atoms with Gasteiger partial charge in [-0.3, -0.25) is 0 Å². The van der Waals surface area contributed by atoms with Crippen LogP contribution in [0.1, 0.15) is 32.1 Å². The van der Waals surface area contributed by atoms with E-state index in [0.717, 1.165) is 18.5 Å². The first-order valence-electron chi connectivity index (χ1n) is 6.29. The second kappa shape index (κ2) is 5.77. The molecule has 0 aliphatic heterocycles. The predicted molar refractivity (Wildman–Crippen MR) is 69.4 cm³/mol. The number of nitro groups is 1. The molecule has 1 aliphatic carbocycles. The first kappa shape index (κ1) is 12.8. The van der Waals surface area contributed by atoms with E-state index >= 15 is 0 Å². The molecule has 3 N–H and O–H groups in total. The number of nitrogens with zero attached hydrogens (tertiary/aromatic N) is 2. The molecule has 1 fully saturated rings. The van der Waals surface area contributed by atoms with Crippen molar-refractivity contribution < 1.29 is 4.92 Å². The van der Waals surface area contributed by atoms with E-state index in [9.17, 15) is 10.1 Å². The van der Waals surface area contributed by atoms with E-state index in [1.807, 2.05) is 0 Å². The van der Waals surface area contributed by atoms with Gasteiger partial charge in [-0.1, -0.05) is 19.3 Å². The Kier molecular flexibility index (Phi) is 4.09. The monoisotopic (exact) mass is 250 g/mol. The lowest BCUT2D eigenvalue weighted by molar-refractivity contribution is -0.389. The van der Waals surface area contributed by atoms with Gasteiger partial charge in [0.15, 0.2) is 6.20 Å². The summed E-state index contributed by atoms with van der Waals surface area (Å²) in [6.07, 6.45) is 7.14. The Bertz CT molecular complexity index is 407. The molecule has 2 rings (SSSR count). The normalized spacial score (nSPS) is 24.3. The molecule has 98 valence electrons. The Morgan fingerprint density at radius 3 is 2.78 bits per heavy atom. The summed E-state index contributed by atoms with van der Waals surface area (Å²) in [5, 5.41) is 13.8. The Labute approximate surface area is 106 Å². The van der Waals surface area contributed by atoms with Crippen LogP contribution in [-0.2, 0) is 0 Å². The first-order chi connectivity index (χ1) is 8.66. The topological polar surface area (TPSA) is 94.1 Å². The summed E-state index contributed by atoms with van der Waals surface area (Å²) in [5.74, 6) is -0.134. The van der Waals surface area contributed by atoms with Crippen molar-refractivity contribution in [2.24, 2.45) is 5.73 Å². The number of hydrogen-bond acceptors (Lipinski definition) is 5. The number of anilines is 1. The van der Waals surface area contributed by atoms with Crippen molar-refractivity contribution in [3.8, 4) is 0 Å². The van der Waals surface area contributed by atoms with Gasteiger partial charge >= 0.3 is 5.82 Å². The summed E-state index contributed by atoms with van der Waals surface area (Å²) in [5.41, 5.74) is 6.91. The fraction of sp³-hybridized carbons (Fsp3) is 0.583. The molecule has 0 radical (unpaired) electrons. The van der Waals surface area contributed by atoms with E-state index in [2.05, 4.69) is 10.3 Å². The molecule has 1 aliphatic rings. The molecule has 1 aromatic heterocycles. The lowest BCUT2D eigenvalue weighted by Crippen LogP contribution is -2.39. The van der Waals surface area contributed by atoms with E-state index < -0.39 is 4.92 Å². The number of nitrogens with two attached hydrogens (primary N) is 1. The van der Waals surface area contributed by atoms with Crippen LogP contribution in [0, 0.1) is 10.1 Å². The quantitative estimate of drug-likeness (QED) is 0.486. The van der Waals surface area contributed by atoms with Gasteiger partial charge in [0, 0.05) is 18.2 Å². The Balaban J connectivity index is 2.01. The maximum absolute atomic E-state index is 10.5. The molecule has 1 aromatic rings. The van der Waals surface area contributed by atoms with Crippen LogP contribution in [0.4, 0.5) is 11.5 Å². The van der Waals surface area contributed by atoms with Gasteiger partial charge in [-0.15, -0.1) is 0 Å². The largest absolute Gasteiger partial charge is 0.378 e. The summed E-state index contributed by atoms with van der Waals surface area (Å²) in [7, 11) is 0. The van der Waals surface area contributed by atoms with E-state index in [0.29, 0.717) is 0 Å². The Hall–Kier alpha value is -1.69. The maximum Gasteiger partial charge on any atom is 0.363 e. The third-order valence-corrected chi connectivity index (χ3v) is 3.36. The summed E-state index contributed by atoms with van der Waals surface area (Å²) in [6.45, 7) is 0. The zero-order valence-electron chi connectivity index (χ0n) is 10.2. The fourth-order valence-electron chi connectivity index (χ4n) is 2.31. The molecular weight excluding hydrogens is 232 g/mol. The molecular formula is C12H18N4O2. The van der Waals surface area contributed by atoms with Crippen LogP contribution in [0.3, 0.4) is 0 Å². The molecule has 1 heterocycles. The lowest BCUT2D eigenvalue weighted by Gasteiger charge is -2.23. The van der Waals surface area contributed by atoms with Crippen molar-refractivity contribution in [2.45, 2.75) is 44.2 Å². The molecule has 6 heteroatoms. The van der Waals surface area contributed by atoms with Crippen LogP contribution in [-0.4, -0.2) is 22.0 Å². The van der Waals surface area contributed by atoms with Crippen molar-refractivity contribution in [1.82, 2.24) is 4.98 Å².